The summed E-state index contributed by atoms with van der Waals surface area (Å²) in [6, 6.07) is -0.961. The highest BCUT2D eigenvalue weighted by atomic mass is 16.2. The zero-order valence-electron chi connectivity index (χ0n) is 9.04. The van der Waals surface area contributed by atoms with Crippen molar-refractivity contribution >= 4 is 11.8 Å². The summed E-state index contributed by atoms with van der Waals surface area (Å²) in [5, 5.41) is 2.52. The first kappa shape index (κ1) is 12.9. The predicted molar refractivity (Wildman–Crippen MR) is 52.9 cm³/mol. The van der Waals surface area contributed by atoms with Crippen LogP contribution in [0.25, 0.3) is 0 Å². The number of hydrogen-bond donors (Lipinski definition) is 3. The van der Waals surface area contributed by atoms with Crippen LogP contribution in [-0.2, 0) is 9.59 Å². The number of amides is 2. The highest BCUT2D eigenvalue weighted by Gasteiger charge is 2.25. The first-order valence-electron chi connectivity index (χ1n) is 4.82. The number of carbonyl (C=O) groups is 2. The molecule has 0 aromatic rings. The molecule has 0 rings (SSSR count). The Hall–Kier alpha value is -1.10. The number of nitrogens with one attached hydrogen (secondary N) is 1. The third-order valence-corrected chi connectivity index (χ3v) is 2.45. The van der Waals surface area contributed by atoms with E-state index in [-0.39, 0.29) is 17.9 Å². The molecule has 0 aromatic heterocycles. The van der Waals surface area contributed by atoms with Crippen LogP contribution in [0.1, 0.15) is 27.2 Å². The largest absolute Gasteiger partial charge is 0.368 e. The lowest BCUT2D eigenvalue weighted by Crippen LogP contribution is -2.71. The third-order valence-electron chi connectivity index (χ3n) is 2.45. The van der Waals surface area contributed by atoms with Crippen LogP contribution in [0, 0.1) is 5.92 Å². The molecule has 0 unspecified atom stereocenters. The van der Waals surface area contributed by atoms with Crippen LogP contribution < -0.4 is 16.8 Å². The maximum Gasteiger partial charge on any atom is 0.279 e. The Bertz CT molecular complexity index is 218. The van der Waals surface area contributed by atoms with Gasteiger partial charge in [-0.3, -0.25) is 9.59 Å². The number of rotatable bonds is 5. The van der Waals surface area contributed by atoms with Crippen molar-refractivity contribution in [3.8, 4) is 0 Å². The molecule has 5 heteroatoms. The van der Waals surface area contributed by atoms with E-state index in [0.29, 0.717) is 0 Å². The van der Waals surface area contributed by atoms with Crippen LogP contribution in [0.5, 0.6) is 0 Å². The molecule has 0 aliphatic heterocycles. The smallest absolute Gasteiger partial charge is 0.279 e. The lowest BCUT2D eigenvalue weighted by Gasteiger charge is -2.16. The van der Waals surface area contributed by atoms with Crippen molar-refractivity contribution in [1.29, 1.82) is 0 Å². The van der Waals surface area contributed by atoms with Crippen molar-refractivity contribution in [2.24, 2.45) is 11.7 Å². The van der Waals surface area contributed by atoms with Gasteiger partial charge in [-0.05, 0) is 13.3 Å². The molecule has 0 aromatic carbocycles. The fraction of sp³-hybridized carbons (Fsp3) is 0.778. The Morgan fingerprint density at radius 3 is 2.29 bits per heavy atom. The van der Waals surface area contributed by atoms with Crippen molar-refractivity contribution < 1.29 is 15.3 Å². The highest BCUT2D eigenvalue weighted by molar-refractivity contribution is 5.88. The van der Waals surface area contributed by atoms with Gasteiger partial charge in [0, 0.05) is 5.92 Å². The summed E-state index contributed by atoms with van der Waals surface area (Å²) in [6.07, 6.45) is 0.881. The Morgan fingerprint density at radius 2 is 1.93 bits per heavy atom. The van der Waals surface area contributed by atoms with Crippen LogP contribution in [-0.4, -0.2) is 23.9 Å². The molecule has 14 heavy (non-hydrogen) atoms. The summed E-state index contributed by atoms with van der Waals surface area (Å²) in [7, 11) is 0. The van der Waals surface area contributed by atoms with E-state index in [9.17, 15) is 9.59 Å². The van der Waals surface area contributed by atoms with Crippen molar-refractivity contribution in [2.75, 3.05) is 0 Å². The summed E-state index contributed by atoms with van der Waals surface area (Å²) in [4.78, 5) is 22.2. The van der Waals surface area contributed by atoms with Gasteiger partial charge in [0.1, 0.15) is 6.04 Å². The van der Waals surface area contributed by atoms with E-state index in [1.165, 1.54) is 0 Å². The molecule has 0 bridgehead atoms. The molecule has 0 heterocycles. The fourth-order valence-electron chi connectivity index (χ4n) is 0.934. The first-order chi connectivity index (χ1) is 6.40. The van der Waals surface area contributed by atoms with E-state index >= 15 is 0 Å². The number of nitrogens with two attached hydrogens (primary N) is 1. The minimum absolute atomic E-state index is 0.204. The van der Waals surface area contributed by atoms with Crippen molar-refractivity contribution in [3.05, 3.63) is 0 Å². The lowest BCUT2D eigenvalue weighted by atomic mass is 9.99. The summed E-state index contributed by atoms with van der Waals surface area (Å²) in [6.45, 7) is 5.50. The Balaban J connectivity index is 4.14. The van der Waals surface area contributed by atoms with Crippen LogP contribution in [0.3, 0.4) is 0 Å². The van der Waals surface area contributed by atoms with Crippen molar-refractivity contribution in [2.45, 2.75) is 39.3 Å². The Labute approximate surface area is 84.2 Å². The highest BCUT2D eigenvalue weighted by Crippen LogP contribution is 2.03. The van der Waals surface area contributed by atoms with Gasteiger partial charge >= 0.3 is 0 Å². The normalized spacial score (nSPS) is 16.9. The van der Waals surface area contributed by atoms with Gasteiger partial charge in [-0.1, -0.05) is 13.8 Å². The average molecular weight is 202 g/mol. The lowest BCUT2D eigenvalue weighted by molar-refractivity contribution is -0.415. The minimum Gasteiger partial charge on any atom is -0.368 e. The maximum atomic E-state index is 11.5. The van der Waals surface area contributed by atoms with E-state index in [1.54, 1.807) is 6.92 Å². The van der Waals surface area contributed by atoms with E-state index in [4.69, 9.17) is 5.73 Å². The minimum atomic E-state index is -0.629. The summed E-state index contributed by atoms with van der Waals surface area (Å²) >= 11 is 0. The zero-order valence-corrected chi connectivity index (χ0v) is 9.04. The van der Waals surface area contributed by atoms with E-state index in [1.807, 2.05) is 13.8 Å². The van der Waals surface area contributed by atoms with E-state index in [0.717, 1.165) is 6.42 Å². The van der Waals surface area contributed by atoms with Gasteiger partial charge in [0.25, 0.3) is 5.91 Å². The maximum absolute atomic E-state index is 11.5. The third kappa shape index (κ3) is 3.74. The van der Waals surface area contributed by atoms with Crippen molar-refractivity contribution in [1.82, 2.24) is 5.32 Å². The monoisotopic (exact) mass is 202 g/mol. The number of quaternary nitrogens is 1. The molecule has 2 amide bonds. The van der Waals surface area contributed by atoms with Gasteiger partial charge in [-0.15, -0.1) is 0 Å². The molecule has 5 nitrogen and oxygen atoms in total. The second kappa shape index (κ2) is 5.59. The molecule has 82 valence electrons. The molecular weight excluding hydrogens is 182 g/mol. The van der Waals surface area contributed by atoms with Gasteiger partial charge in [-0.25, -0.2) is 0 Å². The molecule has 0 fully saturated rings. The second-order valence-electron chi connectivity index (χ2n) is 3.62. The number of carbonyl (C=O) groups excluding carboxylic acids is 2. The molecule has 3 atom stereocenters. The summed E-state index contributed by atoms with van der Waals surface area (Å²) in [5.74, 6) is -0.546. The molecule has 0 radical (unpaired) electrons. The van der Waals surface area contributed by atoms with Crippen LogP contribution in [0.2, 0.25) is 0 Å². The average Bonchev–Trinajstić information content (AvgIpc) is 2.14. The number of primary amides is 1. The van der Waals surface area contributed by atoms with Crippen LogP contribution >= 0.6 is 0 Å². The molecule has 0 aliphatic carbocycles. The Kier molecular flexibility index (Phi) is 5.15. The van der Waals surface area contributed by atoms with Gasteiger partial charge in [0.2, 0.25) is 5.91 Å². The molecule has 0 saturated heterocycles. The molecule has 6 N–H and O–H groups in total. The van der Waals surface area contributed by atoms with E-state index < -0.39 is 11.9 Å². The fourth-order valence-corrected chi connectivity index (χ4v) is 0.934. The zero-order chi connectivity index (χ0) is 11.3. The first-order valence-corrected chi connectivity index (χ1v) is 4.82. The second-order valence-corrected chi connectivity index (χ2v) is 3.62. The SMILES string of the molecule is CC[C@@H](C)[C@@H]([NH3+])C(=O)N[C@@H](C)C(N)=O. The van der Waals surface area contributed by atoms with Gasteiger partial charge in [-0.2, -0.15) is 0 Å². The molecule has 0 aliphatic rings. The molecule has 0 saturated carbocycles. The molecule has 0 spiro atoms. The summed E-state index contributed by atoms with van der Waals surface area (Å²) < 4.78 is 0. The van der Waals surface area contributed by atoms with Gasteiger partial charge < -0.3 is 16.8 Å². The van der Waals surface area contributed by atoms with Crippen molar-refractivity contribution in [3.63, 3.8) is 0 Å². The quantitative estimate of drug-likeness (QED) is 0.512. The molecular formula is C9H20N3O2+. The number of hydrogen-bond acceptors (Lipinski definition) is 2. The van der Waals surface area contributed by atoms with E-state index in [2.05, 4.69) is 11.1 Å². The topological polar surface area (TPSA) is 99.8 Å². The van der Waals surface area contributed by atoms with Gasteiger partial charge in [0.05, 0.1) is 0 Å². The van der Waals surface area contributed by atoms with Gasteiger partial charge in [0.15, 0.2) is 6.04 Å². The standard InChI is InChI=1S/C9H19N3O2/c1-4-5(2)7(10)9(14)12-6(3)8(11)13/h5-7H,4,10H2,1-3H3,(H2,11,13)(H,12,14)/p+1/t5-,6+,7-/m1/s1. The van der Waals surface area contributed by atoms with Crippen LogP contribution in [0.15, 0.2) is 0 Å². The predicted octanol–water partition coefficient (Wildman–Crippen LogP) is -1.37. The van der Waals surface area contributed by atoms with Crippen LogP contribution in [0.4, 0.5) is 0 Å². The Morgan fingerprint density at radius 1 is 1.43 bits per heavy atom. The summed E-state index contributed by atoms with van der Waals surface area (Å²) in [5.41, 5.74) is 8.78.